The van der Waals surface area contributed by atoms with Gasteiger partial charge >= 0.3 is 0 Å². The average Bonchev–Trinajstić information content (AvgIpc) is 3.06. The molecule has 7 heteroatoms. The summed E-state index contributed by atoms with van der Waals surface area (Å²) < 4.78 is 7.20. The summed E-state index contributed by atoms with van der Waals surface area (Å²) in [5, 5.41) is 6.75. The zero-order valence-corrected chi connectivity index (χ0v) is 11.8. The molecule has 2 aromatic heterocycles. The Labute approximate surface area is 121 Å². The van der Waals surface area contributed by atoms with Crippen molar-refractivity contribution in [1.29, 1.82) is 0 Å². The molecule has 0 bridgehead atoms. The third-order valence-electron chi connectivity index (χ3n) is 3.56. The van der Waals surface area contributed by atoms with E-state index >= 15 is 0 Å². The Balaban J connectivity index is 1.72. The van der Waals surface area contributed by atoms with Crippen LogP contribution in [0.15, 0.2) is 17.1 Å². The second-order valence-corrected chi connectivity index (χ2v) is 5.02. The molecule has 2 aromatic rings. The van der Waals surface area contributed by atoms with Gasteiger partial charge in [-0.1, -0.05) is 0 Å². The van der Waals surface area contributed by atoms with Crippen LogP contribution >= 0.6 is 0 Å². The molecule has 21 heavy (non-hydrogen) atoms. The number of nitrogens with one attached hydrogen (secondary N) is 1. The Morgan fingerprint density at radius 2 is 2.33 bits per heavy atom. The van der Waals surface area contributed by atoms with Gasteiger partial charge in [0.15, 0.2) is 5.78 Å². The first-order valence-corrected chi connectivity index (χ1v) is 6.93. The van der Waals surface area contributed by atoms with Crippen LogP contribution in [0.3, 0.4) is 0 Å². The second kappa shape index (κ2) is 5.51. The van der Waals surface area contributed by atoms with Crippen LogP contribution in [0.4, 0.5) is 0 Å². The van der Waals surface area contributed by atoms with Crippen LogP contribution in [0.25, 0.3) is 0 Å². The van der Waals surface area contributed by atoms with Gasteiger partial charge in [0.05, 0.1) is 17.7 Å². The quantitative estimate of drug-likeness (QED) is 0.910. The number of aryl methyl sites for hydroxylation is 2. The molecule has 7 nitrogen and oxygen atoms in total. The van der Waals surface area contributed by atoms with Gasteiger partial charge in [-0.3, -0.25) is 14.3 Å². The number of ketones is 1. The van der Waals surface area contributed by atoms with Gasteiger partial charge in [-0.15, -0.1) is 0 Å². The molecule has 2 heterocycles. The van der Waals surface area contributed by atoms with Gasteiger partial charge in [0.25, 0.3) is 5.91 Å². The van der Waals surface area contributed by atoms with Crippen molar-refractivity contribution >= 4 is 11.7 Å². The summed E-state index contributed by atoms with van der Waals surface area (Å²) in [4.78, 5) is 28.2. The van der Waals surface area contributed by atoms with Crippen molar-refractivity contribution in [3.8, 4) is 0 Å². The maximum absolute atomic E-state index is 12.3. The highest BCUT2D eigenvalue weighted by atomic mass is 16.3. The second-order valence-electron chi connectivity index (χ2n) is 5.02. The molecule has 1 N–H and O–H groups in total. The van der Waals surface area contributed by atoms with Crippen molar-refractivity contribution in [2.75, 3.05) is 6.54 Å². The number of carbonyl (C=O) groups is 2. The van der Waals surface area contributed by atoms with Crippen molar-refractivity contribution < 1.29 is 14.0 Å². The molecule has 0 spiro atoms. The van der Waals surface area contributed by atoms with Crippen molar-refractivity contribution in [3.05, 3.63) is 35.3 Å². The van der Waals surface area contributed by atoms with Crippen LogP contribution in [0.5, 0.6) is 0 Å². The van der Waals surface area contributed by atoms with Crippen LogP contribution in [0.2, 0.25) is 0 Å². The molecule has 0 radical (unpaired) electrons. The van der Waals surface area contributed by atoms with Crippen LogP contribution < -0.4 is 5.32 Å². The van der Waals surface area contributed by atoms with Gasteiger partial charge in [0.2, 0.25) is 0 Å². The molecular formula is C14H16N4O3. The maximum atomic E-state index is 12.3. The molecule has 0 saturated carbocycles. The predicted molar refractivity (Wildman–Crippen MR) is 73.1 cm³/mol. The molecule has 0 aromatic carbocycles. The van der Waals surface area contributed by atoms with E-state index in [0.717, 1.165) is 6.42 Å². The van der Waals surface area contributed by atoms with E-state index in [9.17, 15) is 9.59 Å². The van der Waals surface area contributed by atoms with Crippen molar-refractivity contribution in [1.82, 2.24) is 20.1 Å². The molecule has 0 unspecified atom stereocenters. The SMILES string of the molecule is Cc1oc2c(c1C(=O)NCCn1cncn1)C(=O)CCC2. The lowest BCUT2D eigenvalue weighted by Gasteiger charge is -2.10. The maximum Gasteiger partial charge on any atom is 0.255 e. The zero-order chi connectivity index (χ0) is 14.8. The van der Waals surface area contributed by atoms with E-state index in [4.69, 9.17) is 4.42 Å². The third kappa shape index (κ3) is 2.58. The molecule has 1 amide bonds. The topological polar surface area (TPSA) is 90.0 Å². The minimum Gasteiger partial charge on any atom is -0.465 e. The van der Waals surface area contributed by atoms with Crippen LogP contribution in [0, 0.1) is 6.92 Å². The van der Waals surface area contributed by atoms with E-state index in [1.165, 1.54) is 6.33 Å². The number of aromatic nitrogens is 3. The van der Waals surface area contributed by atoms with E-state index in [0.29, 0.717) is 48.6 Å². The van der Waals surface area contributed by atoms with Gasteiger partial charge in [0, 0.05) is 19.4 Å². The normalized spacial score (nSPS) is 14.0. The summed E-state index contributed by atoms with van der Waals surface area (Å²) in [6, 6.07) is 0. The van der Waals surface area contributed by atoms with E-state index in [1.807, 2.05) is 0 Å². The standard InChI is InChI=1S/C14H16N4O3/c1-9-12(13-10(19)3-2-4-11(13)21-9)14(20)16-5-6-18-8-15-7-17-18/h7-8H,2-6H2,1H3,(H,16,20). The Morgan fingerprint density at radius 3 is 3.10 bits per heavy atom. The minimum atomic E-state index is -0.270. The Kier molecular flexibility index (Phi) is 3.55. The van der Waals surface area contributed by atoms with Crippen molar-refractivity contribution in [2.24, 2.45) is 0 Å². The van der Waals surface area contributed by atoms with Gasteiger partial charge in [0.1, 0.15) is 24.2 Å². The Bertz CT molecular complexity index is 673. The molecule has 3 rings (SSSR count). The van der Waals surface area contributed by atoms with Gasteiger partial charge in [-0.05, 0) is 13.3 Å². The fourth-order valence-electron chi connectivity index (χ4n) is 2.60. The summed E-state index contributed by atoms with van der Waals surface area (Å²) in [5.74, 6) is 0.876. The summed E-state index contributed by atoms with van der Waals surface area (Å²) in [6.07, 6.45) is 5.00. The molecule has 1 aliphatic rings. The first-order valence-electron chi connectivity index (χ1n) is 6.93. The molecule has 110 valence electrons. The number of fused-ring (bicyclic) bond motifs is 1. The number of hydrogen-bond donors (Lipinski definition) is 1. The zero-order valence-electron chi connectivity index (χ0n) is 11.8. The molecular weight excluding hydrogens is 272 g/mol. The number of Topliss-reactive ketones (excluding diaryl/α,β-unsaturated/α-hetero) is 1. The summed E-state index contributed by atoms with van der Waals surface area (Å²) >= 11 is 0. The lowest BCUT2D eigenvalue weighted by atomic mass is 9.93. The third-order valence-corrected chi connectivity index (χ3v) is 3.56. The first kappa shape index (κ1) is 13.5. The number of carbonyl (C=O) groups excluding carboxylic acids is 2. The molecule has 0 aliphatic heterocycles. The van der Waals surface area contributed by atoms with Gasteiger partial charge in [-0.2, -0.15) is 5.10 Å². The predicted octanol–water partition coefficient (Wildman–Crippen LogP) is 1.13. The van der Waals surface area contributed by atoms with Gasteiger partial charge < -0.3 is 9.73 Å². The van der Waals surface area contributed by atoms with E-state index in [2.05, 4.69) is 15.4 Å². The highest BCUT2D eigenvalue weighted by Crippen LogP contribution is 2.29. The highest BCUT2D eigenvalue weighted by molar-refractivity contribution is 6.09. The van der Waals surface area contributed by atoms with Crippen LogP contribution in [-0.2, 0) is 13.0 Å². The number of furan rings is 1. The van der Waals surface area contributed by atoms with Crippen molar-refractivity contribution in [3.63, 3.8) is 0 Å². The smallest absolute Gasteiger partial charge is 0.255 e. The molecule has 0 fully saturated rings. The number of hydrogen-bond acceptors (Lipinski definition) is 5. The number of rotatable bonds is 4. The van der Waals surface area contributed by atoms with E-state index in [1.54, 1.807) is 17.9 Å². The lowest BCUT2D eigenvalue weighted by Crippen LogP contribution is -2.29. The highest BCUT2D eigenvalue weighted by Gasteiger charge is 2.30. The average molecular weight is 288 g/mol. The van der Waals surface area contributed by atoms with Crippen LogP contribution in [0.1, 0.15) is 45.1 Å². The monoisotopic (exact) mass is 288 g/mol. The largest absolute Gasteiger partial charge is 0.465 e. The molecule has 0 atom stereocenters. The first-order chi connectivity index (χ1) is 10.2. The summed E-state index contributed by atoms with van der Waals surface area (Å²) in [7, 11) is 0. The fraction of sp³-hybridized carbons (Fsp3) is 0.429. The fourth-order valence-corrected chi connectivity index (χ4v) is 2.60. The van der Waals surface area contributed by atoms with E-state index in [-0.39, 0.29) is 11.7 Å². The summed E-state index contributed by atoms with van der Waals surface area (Å²) in [6.45, 7) is 2.66. The number of nitrogens with zero attached hydrogens (tertiary/aromatic N) is 3. The number of amides is 1. The van der Waals surface area contributed by atoms with E-state index < -0.39 is 0 Å². The van der Waals surface area contributed by atoms with Crippen LogP contribution in [-0.4, -0.2) is 33.0 Å². The Morgan fingerprint density at radius 1 is 1.48 bits per heavy atom. The lowest BCUT2D eigenvalue weighted by molar-refractivity contribution is 0.0926. The molecule has 0 saturated heterocycles. The Hall–Kier alpha value is -2.44. The summed E-state index contributed by atoms with van der Waals surface area (Å²) in [5.41, 5.74) is 0.852. The van der Waals surface area contributed by atoms with Crippen molar-refractivity contribution in [2.45, 2.75) is 32.7 Å². The molecule has 1 aliphatic carbocycles. The minimum absolute atomic E-state index is 0.00507. The van der Waals surface area contributed by atoms with Gasteiger partial charge in [-0.25, -0.2) is 4.98 Å².